The van der Waals surface area contributed by atoms with E-state index in [2.05, 4.69) is 41.5 Å². The van der Waals surface area contributed by atoms with E-state index in [1.807, 2.05) is 36.4 Å². The fourth-order valence-corrected chi connectivity index (χ4v) is 2.17. The molecule has 116 valence electrons. The summed E-state index contributed by atoms with van der Waals surface area (Å²) in [4.78, 5) is 12.1. The van der Waals surface area contributed by atoms with Crippen molar-refractivity contribution in [2.75, 3.05) is 10.6 Å². The van der Waals surface area contributed by atoms with Crippen LogP contribution in [0.5, 0.6) is 0 Å². The van der Waals surface area contributed by atoms with Gasteiger partial charge < -0.3 is 10.6 Å². The molecule has 3 rings (SSSR count). The highest BCUT2D eigenvalue weighted by Gasteiger charge is 2.07. The number of hydrogen-bond acceptors (Lipinski definition) is 5. The molecule has 0 aliphatic rings. The van der Waals surface area contributed by atoms with Gasteiger partial charge in [-0.05, 0) is 35.9 Å². The number of pyridine rings is 1. The van der Waals surface area contributed by atoms with Gasteiger partial charge in [0.15, 0.2) is 11.6 Å². The van der Waals surface area contributed by atoms with Gasteiger partial charge >= 0.3 is 0 Å². The third-order valence-corrected chi connectivity index (χ3v) is 3.56. The first-order valence-electron chi connectivity index (χ1n) is 6.88. The molecule has 0 radical (unpaired) electrons. The van der Waals surface area contributed by atoms with E-state index in [4.69, 9.17) is 0 Å². The molecule has 3 aromatic rings. The molecule has 0 bridgehead atoms. The van der Waals surface area contributed by atoms with Crippen LogP contribution in [-0.4, -0.2) is 15.0 Å². The molecule has 0 atom stereocenters. The van der Waals surface area contributed by atoms with Crippen LogP contribution in [-0.2, 0) is 6.54 Å². The first kappa shape index (κ1) is 15.4. The lowest BCUT2D eigenvalue weighted by Crippen LogP contribution is -2.07. The highest BCUT2D eigenvalue weighted by Crippen LogP contribution is 2.19. The van der Waals surface area contributed by atoms with Crippen LogP contribution in [0.2, 0.25) is 0 Å². The average Bonchev–Trinajstić information content (AvgIpc) is 2.58. The Morgan fingerprint density at radius 3 is 2.65 bits per heavy atom. The summed E-state index contributed by atoms with van der Waals surface area (Å²) < 4.78 is 14.8. The minimum atomic E-state index is -0.504. The van der Waals surface area contributed by atoms with Crippen LogP contribution in [0.1, 0.15) is 5.56 Å². The first-order valence-corrected chi connectivity index (χ1v) is 7.68. The van der Waals surface area contributed by atoms with Crippen LogP contribution in [0.4, 0.5) is 21.8 Å². The second kappa shape index (κ2) is 7.15. The maximum atomic E-state index is 13.8. The Kier molecular flexibility index (Phi) is 4.77. The van der Waals surface area contributed by atoms with Crippen LogP contribution < -0.4 is 10.6 Å². The third-order valence-electron chi connectivity index (χ3n) is 3.03. The Balaban J connectivity index is 1.72. The minimum Gasteiger partial charge on any atom is -0.363 e. The van der Waals surface area contributed by atoms with Crippen LogP contribution in [0.25, 0.3) is 0 Å². The van der Waals surface area contributed by atoms with Crippen molar-refractivity contribution in [1.82, 2.24) is 15.0 Å². The van der Waals surface area contributed by atoms with Crippen molar-refractivity contribution in [3.8, 4) is 0 Å². The number of nitrogens with one attached hydrogen (secondary N) is 2. The van der Waals surface area contributed by atoms with Crippen molar-refractivity contribution < 1.29 is 4.39 Å². The number of rotatable bonds is 5. The van der Waals surface area contributed by atoms with Gasteiger partial charge in [-0.1, -0.05) is 22.0 Å². The van der Waals surface area contributed by atoms with E-state index in [9.17, 15) is 4.39 Å². The average molecular weight is 374 g/mol. The highest BCUT2D eigenvalue weighted by molar-refractivity contribution is 9.10. The number of halogens is 2. The van der Waals surface area contributed by atoms with Crippen LogP contribution in [0.3, 0.4) is 0 Å². The van der Waals surface area contributed by atoms with Crippen molar-refractivity contribution in [1.29, 1.82) is 0 Å². The quantitative estimate of drug-likeness (QED) is 0.703. The molecule has 0 amide bonds. The zero-order chi connectivity index (χ0) is 16.1. The zero-order valence-corrected chi connectivity index (χ0v) is 13.6. The van der Waals surface area contributed by atoms with Gasteiger partial charge in [0.05, 0.1) is 6.20 Å². The molecule has 2 aromatic heterocycles. The SMILES string of the molecule is Fc1cnc(Nc2ccc(Br)cc2)nc1NCc1cccnc1. The second-order valence-corrected chi connectivity index (χ2v) is 5.65. The van der Waals surface area contributed by atoms with E-state index in [1.54, 1.807) is 12.4 Å². The van der Waals surface area contributed by atoms with Crippen LogP contribution in [0.15, 0.2) is 59.5 Å². The lowest BCUT2D eigenvalue weighted by atomic mass is 10.3. The molecule has 0 spiro atoms. The van der Waals surface area contributed by atoms with Crippen LogP contribution >= 0.6 is 15.9 Å². The maximum absolute atomic E-state index is 13.8. The predicted octanol–water partition coefficient (Wildman–Crippen LogP) is 4.13. The third kappa shape index (κ3) is 4.23. The number of aromatic nitrogens is 3. The number of hydrogen-bond donors (Lipinski definition) is 2. The van der Waals surface area contributed by atoms with Crippen molar-refractivity contribution >= 4 is 33.4 Å². The zero-order valence-electron chi connectivity index (χ0n) is 12.0. The summed E-state index contributed by atoms with van der Waals surface area (Å²) in [5.74, 6) is -0.0406. The van der Waals surface area contributed by atoms with Crippen LogP contribution in [0, 0.1) is 5.82 Å². The molecule has 0 aliphatic heterocycles. The van der Waals surface area contributed by atoms with Gasteiger partial charge in [0.25, 0.3) is 0 Å². The molecule has 0 saturated heterocycles. The molecule has 2 heterocycles. The largest absolute Gasteiger partial charge is 0.363 e. The molecular weight excluding hydrogens is 361 g/mol. The molecule has 2 N–H and O–H groups in total. The minimum absolute atomic E-state index is 0.142. The summed E-state index contributed by atoms with van der Waals surface area (Å²) in [6, 6.07) is 11.3. The second-order valence-electron chi connectivity index (χ2n) is 4.74. The molecule has 5 nitrogen and oxygen atoms in total. The van der Waals surface area contributed by atoms with Gasteiger partial charge in [0.2, 0.25) is 5.95 Å². The molecule has 0 aliphatic carbocycles. The van der Waals surface area contributed by atoms with Crippen molar-refractivity contribution in [2.24, 2.45) is 0 Å². The van der Waals surface area contributed by atoms with E-state index in [0.29, 0.717) is 12.5 Å². The highest BCUT2D eigenvalue weighted by atomic mass is 79.9. The van der Waals surface area contributed by atoms with Gasteiger partial charge in [-0.3, -0.25) is 4.98 Å². The summed E-state index contributed by atoms with van der Waals surface area (Å²) in [6.45, 7) is 0.430. The standard InChI is InChI=1S/C16H13BrFN5/c17-12-3-5-13(6-4-12)22-16-21-10-14(18)15(23-16)20-9-11-2-1-7-19-8-11/h1-8,10H,9H2,(H2,20,21,22,23). The van der Waals surface area contributed by atoms with Gasteiger partial charge in [-0.2, -0.15) is 4.98 Å². The molecule has 0 saturated carbocycles. The Morgan fingerprint density at radius 1 is 1.09 bits per heavy atom. The lowest BCUT2D eigenvalue weighted by Gasteiger charge is -2.09. The summed E-state index contributed by atoms with van der Waals surface area (Å²) >= 11 is 3.37. The molecular formula is C16H13BrFN5. The molecule has 23 heavy (non-hydrogen) atoms. The number of anilines is 3. The predicted molar refractivity (Wildman–Crippen MR) is 91.0 cm³/mol. The van der Waals surface area contributed by atoms with Gasteiger partial charge in [-0.15, -0.1) is 0 Å². The molecule has 0 fully saturated rings. The summed E-state index contributed by atoms with van der Waals surface area (Å²) in [6.07, 6.45) is 4.54. The first-order chi connectivity index (χ1) is 11.2. The molecule has 0 unspecified atom stereocenters. The Morgan fingerprint density at radius 2 is 1.91 bits per heavy atom. The Hall–Kier alpha value is -2.54. The van der Waals surface area contributed by atoms with E-state index in [-0.39, 0.29) is 5.82 Å². The molecule has 7 heteroatoms. The Labute approximate surface area is 141 Å². The number of nitrogens with zero attached hydrogens (tertiary/aromatic N) is 3. The van der Waals surface area contributed by atoms with E-state index < -0.39 is 5.82 Å². The van der Waals surface area contributed by atoms with E-state index in [1.165, 1.54) is 0 Å². The van der Waals surface area contributed by atoms with E-state index >= 15 is 0 Å². The topological polar surface area (TPSA) is 62.7 Å². The van der Waals surface area contributed by atoms with Crippen molar-refractivity contribution in [3.05, 3.63) is 70.8 Å². The normalized spacial score (nSPS) is 10.3. The monoisotopic (exact) mass is 373 g/mol. The Bertz CT molecular complexity index is 780. The smallest absolute Gasteiger partial charge is 0.229 e. The number of benzene rings is 1. The van der Waals surface area contributed by atoms with Gasteiger partial charge in [-0.25, -0.2) is 9.37 Å². The fraction of sp³-hybridized carbons (Fsp3) is 0.0625. The molecule has 1 aromatic carbocycles. The summed E-state index contributed by atoms with van der Waals surface area (Å²) in [7, 11) is 0. The fourth-order valence-electron chi connectivity index (χ4n) is 1.90. The maximum Gasteiger partial charge on any atom is 0.229 e. The summed E-state index contributed by atoms with van der Waals surface area (Å²) in [5, 5.41) is 5.99. The lowest BCUT2D eigenvalue weighted by molar-refractivity contribution is 0.617. The van der Waals surface area contributed by atoms with Gasteiger partial charge in [0.1, 0.15) is 0 Å². The van der Waals surface area contributed by atoms with Crippen molar-refractivity contribution in [2.45, 2.75) is 6.54 Å². The van der Waals surface area contributed by atoms with Crippen molar-refractivity contribution in [3.63, 3.8) is 0 Å². The summed E-state index contributed by atoms with van der Waals surface area (Å²) in [5.41, 5.74) is 1.76. The van der Waals surface area contributed by atoms with Gasteiger partial charge in [0, 0.05) is 29.1 Å². The van der Waals surface area contributed by atoms with E-state index in [0.717, 1.165) is 21.9 Å².